The van der Waals surface area contributed by atoms with E-state index >= 15 is 0 Å². The molecule has 4 rings (SSSR count). The van der Waals surface area contributed by atoms with E-state index in [0.29, 0.717) is 5.56 Å². The number of rotatable bonds is 4. The number of fused-ring (bicyclic) bond motifs is 1. The summed E-state index contributed by atoms with van der Waals surface area (Å²) in [4.78, 5) is 16.3. The molecule has 0 aliphatic heterocycles. The van der Waals surface area contributed by atoms with Gasteiger partial charge in [0.25, 0.3) is 0 Å². The van der Waals surface area contributed by atoms with Gasteiger partial charge < -0.3 is 5.11 Å². The Labute approximate surface area is 157 Å². The molecule has 0 unspecified atom stereocenters. The van der Waals surface area contributed by atoms with Crippen molar-refractivity contribution in [3.63, 3.8) is 0 Å². The van der Waals surface area contributed by atoms with Crippen LogP contribution < -0.4 is 0 Å². The number of carbonyl (C=O) groups is 1. The van der Waals surface area contributed by atoms with E-state index in [1.54, 1.807) is 12.1 Å². The summed E-state index contributed by atoms with van der Waals surface area (Å²) in [5, 5.41) is 9.50. The van der Waals surface area contributed by atoms with Crippen molar-refractivity contribution >= 4 is 17.0 Å². The van der Waals surface area contributed by atoms with Gasteiger partial charge in [0.15, 0.2) is 0 Å². The predicted molar refractivity (Wildman–Crippen MR) is 108 cm³/mol. The smallest absolute Gasteiger partial charge is 0.336 e. The maximum Gasteiger partial charge on any atom is 0.336 e. The van der Waals surface area contributed by atoms with Crippen molar-refractivity contribution in [3.8, 4) is 16.8 Å². The fraction of sp³-hybridized carbons (Fsp3) is 0.130. The lowest BCUT2D eigenvalue weighted by Gasteiger charge is -2.14. The van der Waals surface area contributed by atoms with Gasteiger partial charge in [-0.1, -0.05) is 43.3 Å². The molecular weight excluding hydrogens is 336 g/mol. The summed E-state index contributed by atoms with van der Waals surface area (Å²) in [6.07, 6.45) is 0.831. The molecule has 1 N–H and O–H groups in total. The third-order valence-corrected chi connectivity index (χ3v) is 4.86. The van der Waals surface area contributed by atoms with Gasteiger partial charge in [0.05, 0.1) is 16.6 Å². The van der Waals surface area contributed by atoms with Crippen LogP contribution in [-0.4, -0.2) is 20.6 Å². The van der Waals surface area contributed by atoms with Crippen molar-refractivity contribution in [2.45, 2.75) is 20.3 Å². The number of nitrogens with zero attached hydrogens (tertiary/aromatic N) is 2. The zero-order valence-corrected chi connectivity index (χ0v) is 15.3. The summed E-state index contributed by atoms with van der Waals surface area (Å²) in [6, 6.07) is 21.4. The third-order valence-electron chi connectivity index (χ3n) is 4.86. The van der Waals surface area contributed by atoms with Gasteiger partial charge in [-0.05, 0) is 53.9 Å². The van der Waals surface area contributed by atoms with Crippen molar-refractivity contribution in [3.05, 3.63) is 83.7 Å². The Bertz CT molecular complexity index is 1160. The quantitative estimate of drug-likeness (QED) is 0.542. The number of hydrogen-bond acceptors (Lipinski definition) is 2. The number of carboxylic acids is 1. The van der Waals surface area contributed by atoms with Gasteiger partial charge in [-0.3, -0.25) is 4.57 Å². The van der Waals surface area contributed by atoms with Crippen LogP contribution in [0.2, 0.25) is 0 Å². The summed E-state index contributed by atoms with van der Waals surface area (Å²) in [7, 11) is 0. The molecule has 0 saturated heterocycles. The maximum atomic E-state index is 11.6. The summed E-state index contributed by atoms with van der Waals surface area (Å²) in [5.74, 6) is 0.0947. The van der Waals surface area contributed by atoms with E-state index in [4.69, 9.17) is 4.98 Å². The average Bonchev–Trinajstić information content (AvgIpc) is 3.06. The average molecular weight is 356 g/mol. The summed E-state index contributed by atoms with van der Waals surface area (Å²) in [6.45, 7) is 4.12. The van der Waals surface area contributed by atoms with Crippen LogP contribution in [0.25, 0.3) is 27.8 Å². The number of aromatic carboxylic acids is 1. The number of aryl methyl sites for hydroxylation is 2. The number of benzene rings is 3. The molecule has 0 saturated carbocycles. The van der Waals surface area contributed by atoms with Crippen molar-refractivity contribution in [2.24, 2.45) is 0 Å². The summed E-state index contributed by atoms with van der Waals surface area (Å²) in [5.41, 5.74) is 6.10. The molecule has 4 aromatic rings. The molecule has 3 aromatic carbocycles. The van der Waals surface area contributed by atoms with Crippen LogP contribution in [0.3, 0.4) is 0 Å². The Morgan fingerprint density at radius 1 is 1.00 bits per heavy atom. The Kier molecular flexibility index (Phi) is 4.24. The van der Waals surface area contributed by atoms with Crippen molar-refractivity contribution in [2.75, 3.05) is 0 Å². The molecule has 4 heteroatoms. The van der Waals surface area contributed by atoms with E-state index in [2.05, 4.69) is 23.6 Å². The van der Waals surface area contributed by atoms with Crippen molar-refractivity contribution in [1.82, 2.24) is 9.55 Å². The molecule has 0 spiro atoms. The molecular formula is C23H20N2O2. The fourth-order valence-corrected chi connectivity index (χ4v) is 3.59. The molecule has 27 heavy (non-hydrogen) atoms. The summed E-state index contributed by atoms with van der Waals surface area (Å²) >= 11 is 0. The van der Waals surface area contributed by atoms with E-state index in [1.807, 2.05) is 49.4 Å². The third kappa shape index (κ3) is 2.89. The first kappa shape index (κ1) is 17.0. The lowest BCUT2D eigenvalue weighted by Crippen LogP contribution is -2.02. The Balaban J connectivity index is 1.88. The van der Waals surface area contributed by atoms with Crippen molar-refractivity contribution in [1.29, 1.82) is 0 Å². The molecule has 1 heterocycles. The van der Waals surface area contributed by atoms with Crippen LogP contribution in [0.5, 0.6) is 0 Å². The van der Waals surface area contributed by atoms with Gasteiger partial charge >= 0.3 is 5.97 Å². The lowest BCUT2D eigenvalue weighted by atomic mass is 9.95. The topological polar surface area (TPSA) is 55.1 Å². The number of hydrogen-bond donors (Lipinski definition) is 1. The SMILES string of the molecule is CCc1nc2ccccc2n1-c1ccc(-c2ccccc2C(=O)O)c(C)c1. The van der Waals surface area contributed by atoms with Gasteiger partial charge in [-0.25, -0.2) is 9.78 Å². The van der Waals surface area contributed by atoms with E-state index in [1.165, 1.54) is 0 Å². The second-order valence-corrected chi connectivity index (χ2v) is 6.56. The molecule has 4 nitrogen and oxygen atoms in total. The van der Waals surface area contributed by atoms with E-state index in [0.717, 1.165) is 45.7 Å². The van der Waals surface area contributed by atoms with Crippen LogP contribution in [-0.2, 0) is 6.42 Å². The van der Waals surface area contributed by atoms with Crippen LogP contribution in [0.4, 0.5) is 0 Å². The Hall–Kier alpha value is -3.40. The number of imidazole rings is 1. The monoisotopic (exact) mass is 356 g/mol. The molecule has 0 aliphatic carbocycles. The minimum Gasteiger partial charge on any atom is -0.478 e. The first-order valence-corrected chi connectivity index (χ1v) is 9.00. The second kappa shape index (κ2) is 6.72. The number of aromatic nitrogens is 2. The highest BCUT2D eigenvalue weighted by molar-refractivity contribution is 5.96. The molecule has 0 aliphatic rings. The van der Waals surface area contributed by atoms with Gasteiger partial charge in [0.1, 0.15) is 5.82 Å². The lowest BCUT2D eigenvalue weighted by molar-refractivity contribution is 0.0697. The normalized spacial score (nSPS) is 11.0. The second-order valence-electron chi connectivity index (χ2n) is 6.56. The number of carboxylic acid groups (broad SMARTS) is 1. The fourth-order valence-electron chi connectivity index (χ4n) is 3.59. The van der Waals surface area contributed by atoms with Crippen molar-refractivity contribution < 1.29 is 9.90 Å². The molecule has 0 fully saturated rings. The largest absolute Gasteiger partial charge is 0.478 e. The maximum absolute atomic E-state index is 11.6. The highest BCUT2D eigenvalue weighted by Gasteiger charge is 2.15. The van der Waals surface area contributed by atoms with Crippen LogP contribution in [0.1, 0.15) is 28.7 Å². The Morgan fingerprint density at radius 2 is 1.74 bits per heavy atom. The molecule has 0 atom stereocenters. The standard InChI is InChI=1S/C23H20N2O2/c1-3-22-24-20-10-6-7-11-21(20)25(22)16-12-13-17(15(2)14-16)18-8-4-5-9-19(18)23(26)27/h4-14H,3H2,1-2H3,(H,26,27). The zero-order chi connectivity index (χ0) is 19.0. The van der Waals surface area contributed by atoms with Crippen LogP contribution >= 0.6 is 0 Å². The first-order valence-electron chi connectivity index (χ1n) is 9.00. The van der Waals surface area contributed by atoms with E-state index < -0.39 is 5.97 Å². The number of para-hydroxylation sites is 2. The first-order chi connectivity index (χ1) is 13.1. The molecule has 1 aromatic heterocycles. The molecule has 134 valence electrons. The van der Waals surface area contributed by atoms with Gasteiger partial charge in [-0.2, -0.15) is 0 Å². The van der Waals surface area contributed by atoms with E-state index in [-0.39, 0.29) is 0 Å². The van der Waals surface area contributed by atoms with Crippen LogP contribution in [0.15, 0.2) is 66.7 Å². The summed E-state index contributed by atoms with van der Waals surface area (Å²) < 4.78 is 2.18. The minimum absolute atomic E-state index is 0.315. The van der Waals surface area contributed by atoms with Gasteiger partial charge in [-0.15, -0.1) is 0 Å². The van der Waals surface area contributed by atoms with Gasteiger partial charge in [0.2, 0.25) is 0 Å². The molecule has 0 bridgehead atoms. The molecule has 0 amide bonds. The van der Waals surface area contributed by atoms with E-state index in [9.17, 15) is 9.90 Å². The van der Waals surface area contributed by atoms with Gasteiger partial charge in [0, 0.05) is 12.1 Å². The van der Waals surface area contributed by atoms with Crippen LogP contribution in [0, 0.1) is 6.92 Å². The minimum atomic E-state index is -0.914. The highest BCUT2D eigenvalue weighted by atomic mass is 16.4. The zero-order valence-electron chi connectivity index (χ0n) is 15.3. The Morgan fingerprint density at radius 3 is 2.48 bits per heavy atom. The highest BCUT2D eigenvalue weighted by Crippen LogP contribution is 2.30. The predicted octanol–water partition coefficient (Wildman–Crippen LogP) is 5.26. The molecule has 0 radical (unpaired) electrons.